The number of hydrogen-bond donors (Lipinski definition) is 0. The molecule has 160 valence electrons. The Balaban J connectivity index is 1.53. The van der Waals surface area contributed by atoms with Crippen LogP contribution in [0.25, 0.3) is 0 Å². The second-order valence-corrected chi connectivity index (χ2v) is 8.69. The molecular weight excluding hydrogens is 400 g/mol. The van der Waals surface area contributed by atoms with Gasteiger partial charge in [0.2, 0.25) is 0 Å². The molecule has 0 spiro atoms. The van der Waals surface area contributed by atoms with Crippen LogP contribution in [0, 0.1) is 13.8 Å². The molecule has 0 fully saturated rings. The summed E-state index contributed by atoms with van der Waals surface area (Å²) in [6.45, 7) is 5.84. The van der Waals surface area contributed by atoms with Crippen LogP contribution in [-0.4, -0.2) is 23.8 Å². The molecule has 32 heavy (non-hydrogen) atoms. The lowest BCUT2D eigenvalue weighted by atomic mass is 9.95. The van der Waals surface area contributed by atoms with Crippen molar-refractivity contribution in [2.45, 2.75) is 39.7 Å². The summed E-state index contributed by atoms with van der Waals surface area (Å²) in [5.74, 6) is -0.896. The van der Waals surface area contributed by atoms with Gasteiger partial charge in [-0.3, -0.25) is 14.4 Å². The highest BCUT2D eigenvalue weighted by molar-refractivity contribution is 6.35. The van der Waals surface area contributed by atoms with E-state index in [1.165, 1.54) is 4.90 Å². The minimum Gasteiger partial charge on any atom is -0.305 e. The Morgan fingerprint density at radius 1 is 0.875 bits per heavy atom. The summed E-state index contributed by atoms with van der Waals surface area (Å²) in [6, 6.07) is 18.5. The highest BCUT2D eigenvalue weighted by Gasteiger charge is 2.38. The van der Waals surface area contributed by atoms with Gasteiger partial charge in [-0.2, -0.15) is 0 Å². The molecule has 2 aliphatic heterocycles. The molecular formula is C27H24N2O3. The Bertz CT molecular complexity index is 1290. The average molecular weight is 425 g/mol. The summed E-state index contributed by atoms with van der Waals surface area (Å²) in [6.07, 6.45) is 1.81. The molecule has 3 aromatic rings. The molecule has 0 saturated carbocycles. The van der Waals surface area contributed by atoms with Crippen LogP contribution < -0.4 is 9.80 Å². The summed E-state index contributed by atoms with van der Waals surface area (Å²) in [7, 11) is 0. The van der Waals surface area contributed by atoms with Crippen LogP contribution >= 0.6 is 0 Å². The summed E-state index contributed by atoms with van der Waals surface area (Å²) in [4.78, 5) is 42.9. The summed E-state index contributed by atoms with van der Waals surface area (Å²) < 4.78 is 0. The third-order valence-corrected chi connectivity index (χ3v) is 6.48. The van der Waals surface area contributed by atoms with Crippen molar-refractivity contribution in [1.82, 2.24) is 0 Å². The number of benzene rings is 3. The van der Waals surface area contributed by atoms with Gasteiger partial charge in [0.15, 0.2) is 0 Å². The fraction of sp³-hybridized carbons (Fsp3) is 0.222. The molecule has 0 N–H and O–H groups in total. The molecule has 1 unspecified atom stereocenters. The number of aryl methyl sites for hydroxylation is 3. The Morgan fingerprint density at radius 2 is 1.62 bits per heavy atom. The van der Waals surface area contributed by atoms with E-state index in [9.17, 15) is 14.4 Å². The number of imide groups is 1. The van der Waals surface area contributed by atoms with Crippen molar-refractivity contribution in [2.24, 2.45) is 0 Å². The minimum absolute atomic E-state index is 0.0504. The lowest BCUT2D eigenvalue weighted by Gasteiger charge is -2.35. The molecule has 0 saturated heterocycles. The van der Waals surface area contributed by atoms with E-state index in [2.05, 4.69) is 6.07 Å². The van der Waals surface area contributed by atoms with Gasteiger partial charge in [0, 0.05) is 17.3 Å². The lowest BCUT2D eigenvalue weighted by Crippen LogP contribution is -2.42. The molecule has 5 rings (SSSR count). The first-order valence-corrected chi connectivity index (χ1v) is 10.9. The van der Waals surface area contributed by atoms with Crippen LogP contribution in [0.5, 0.6) is 0 Å². The molecule has 0 bridgehead atoms. The van der Waals surface area contributed by atoms with Gasteiger partial charge in [-0.15, -0.1) is 0 Å². The Labute approximate surface area is 187 Å². The van der Waals surface area contributed by atoms with Gasteiger partial charge >= 0.3 is 0 Å². The number of carbonyl (C=O) groups excluding carboxylic acids is 3. The first kappa shape index (κ1) is 20.2. The van der Waals surface area contributed by atoms with Crippen molar-refractivity contribution in [3.63, 3.8) is 0 Å². The number of nitrogens with zero attached hydrogens (tertiary/aromatic N) is 2. The van der Waals surface area contributed by atoms with Crippen LogP contribution in [-0.2, 0) is 6.42 Å². The molecule has 3 amide bonds. The highest BCUT2D eigenvalue weighted by atomic mass is 16.2. The smallest absolute Gasteiger partial charge is 0.266 e. The van der Waals surface area contributed by atoms with Crippen LogP contribution in [0.1, 0.15) is 61.1 Å². The van der Waals surface area contributed by atoms with E-state index in [4.69, 9.17) is 0 Å². The standard InChI is InChI=1S/C27H24N2O3/c1-16-8-9-17(2)24(14-16)29-26(31)21-13-12-20(15-22(21)27(29)32)25(30)28-18(3)10-11-19-6-4-5-7-23(19)28/h4-9,12-15,18H,10-11H2,1-3H3. The largest absolute Gasteiger partial charge is 0.305 e. The summed E-state index contributed by atoms with van der Waals surface area (Å²) >= 11 is 0. The summed E-state index contributed by atoms with van der Waals surface area (Å²) in [5.41, 5.74) is 5.48. The zero-order chi connectivity index (χ0) is 22.6. The molecule has 5 heteroatoms. The van der Waals surface area contributed by atoms with E-state index in [1.54, 1.807) is 18.2 Å². The third-order valence-electron chi connectivity index (χ3n) is 6.48. The van der Waals surface area contributed by atoms with Crippen LogP contribution in [0.4, 0.5) is 11.4 Å². The molecule has 2 aliphatic rings. The Morgan fingerprint density at radius 3 is 2.44 bits per heavy atom. The second-order valence-electron chi connectivity index (χ2n) is 8.69. The predicted octanol–water partition coefficient (Wildman–Crippen LogP) is 5.09. The van der Waals surface area contributed by atoms with Crippen molar-refractivity contribution >= 4 is 29.1 Å². The summed E-state index contributed by atoms with van der Waals surface area (Å²) in [5, 5.41) is 0. The quantitative estimate of drug-likeness (QED) is 0.539. The number of amides is 3. The average Bonchev–Trinajstić information content (AvgIpc) is 3.04. The van der Waals surface area contributed by atoms with Crippen molar-refractivity contribution in [2.75, 3.05) is 9.80 Å². The van der Waals surface area contributed by atoms with Crippen LogP contribution in [0.3, 0.4) is 0 Å². The van der Waals surface area contributed by atoms with Gasteiger partial charge in [-0.25, -0.2) is 4.90 Å². The minimum atomic E-state index is -0.388. The number of hydrogen-bond acceptors (Lipinski definition) is 3. The van der Waals surface area contributed by atoms with Crippen LogP contribution in [0.2, 0.25) is 0 Å². The first-order valence-electron chi connectivity index (χ1n) is 10.9. The molecule has 0 radical (unpaired) electrons. The number of anilines is 2. The number of para-hydroxylation sites is 1. The van der Waals surface area contributed by atoms with Crippen molar-refractivity contribution in [3.8, 4) is 0 Å². The molecule has 0 aliphatic carbocycles. The lowest BCUT2D eigenvalue weighted by molar-refractivity contribution is 0.0924. The molecule has 3 aromatic carbocycles. The zero-order valence-corrected chi connectivity index (χ0v) is 18.4. The third kappa shape index (κ3) is 3.04. The van der Waals surface area contributed by atoms with E-state index in [0.717, 1.165) is 35.2 Å². The number of fused-ring (bicyclic) bond motifs is 2. The Hall–Kier alpha value is -3.73. The fourth-order valence-electron chi connectivity index (χ4n) is 4.69. The maximum atomic E-state index is 13.5. The molecule has 2 heterocycles. The topological polar surface area (TPSA) is 57.7 Å². The number of rotatable bonds is 2. The van der Waals surface area contributed by atoms with Gasteiger partial charge in [-0.05, 0) is 80.6 Å². The zero-order valence-electron chi connectivity index (χ0n) is 18.4. The van der Waals surface area contributed by atoms with E-state index in [1.807, 2.05) is 62.1 Å². The van der Waals surface area contributed by atoms with E-state index < -0.39 is 0 Å². The maximum absolute atomic E-state index is 13.5. The molecule has 1 atom stereocenters. The van der Waals surface area contributed by atoms with Crippen molar-refractivity contribution in [1.29, 1.82) is 0 Å². The van der Waals surface area contributed by atoms with Gasteiger partial charge in [0.25, 0.3) is 17.7 Å². The van der Waals surface area contributed by atoms with Crippen molar-refractivity contribution < 1.29 is 14.4 Å². The van der Waals surface area contributed by atoms with Crippen LogP contribution in [0.15, 0.2) is 60.7 Å². The Kier molecular flexibility index (Phi) is 4.70. The maximum Gasteiger partial charge on any atom is 0.266 e. The normalized spacial score (nSPS) is 17.4. The van der Waals surface area contributed by atoms with Gasteiger partial charge in [0.1, 0.15) is 0 Å². The predicted molar refractivity (Wildman–Crippen MR) is 125 cm³/mol. The van der Waals surface area contributed by atoms with Gasteiger partial charge in [0.05, 0.1) is 16.8 Å². The number of carbonyl (C=O) groups is 3. The molecule has 0 aromatic heterocycles. The van der Waals surface area contributed by atoms with E-state index >= 15 is 0 Å². The highest BCUT2D eigenvalue weighted by Crippen LogP contribution is 2.34. The van der Waals surface area contributed by atoms with Gasteiger partial charge < -0.3 is 4.90 Å². The second kappa shape index (κ2) is 7.45. The van der Waals surface area contributed by atoms with E-state index in [-0.39, 0.29) is 29.3 Å². The van der Waals surface area contributed by atoms with Crippen molar-refractivity contribution in [3.05, 3.63) is 94.0 Å². The SMILES string of the molecule is Cc1ccc(C)c(N2C(=O)c3ccc(C(=O)N4c5ccccc5CCC4C)cc3C2=O)c1. The fourth-order valence-corrected chi connectivity index (χ4v) is 4.69. The molecule has 5 nitrogen and oxygen atoms in total. The van der Waals surface area contributed by atoms with Gasteiger partial charge in [-0.1, -0.05) is 30.3 Å². The monoisotopic (exact) mass is 424 g/mol. The van der Waals surface area contributed by atoms with E-state index in [0.29, 0.717) is 16.8 Å². The first-order chi connectivity index (χ1) is 15.4.